The number of hydrogen-bond donors (Lipinski definition) is 1. The molecule has 0 aromatic heterocycles. The average molecular weight is 263 g/mol. The first-order valence-corrected chi connectivity index (χ1v) is 7.23. The minimum Gasteiger partial charge on any atom is -0.381 e. The van der Waals surface area contributed by atoms with Crippen molar-refractivity contribution in [2.24, 2.45) is 5.41 Å². The molecule has 0 radical (unpaired) electrons. The monoisotopic (exact) mass is 263 g/mol. The van der Waals surface area contributed by atoms with E-state index in [1.807, 2.05) is 6.07 Å². The zero-order valence-electron chi connectivity index (χ0n) is 11.5. The standard InChI is InChI=1S/C16H22FNO/c1-12-2-3-14(17)8-13(12)9-16(6-7-19-11-16)10-18-15-4-5-15/h2-3,8,15,18H,4-7,9-11H2,1H3. The lowest BCUT2D eigenvalue weighted by Gasteiger charge is -2.28. The molecule has 2 aliphatic rings. The van der Waals surface area contributed by atoms with Crippen LogP contribution in [0.5, 0.6) is 0 Å². The van der Waals surface area contributed by atoms with Crippen molar-refractivity contribution < 1.29 is 9.13 Å². The molecule has 0 bridgehead atoms. The van der Waals surface area contributed by atoms with Crippen molar-refractivity contribution in [1.29, 1.82) is 0 Å². The van der Waals surface area contributed by atoms with Crippen LogP contribution < -0.4 is 5.32 Å². The first kappa shape index (κ1) is 13.1. The van der Waals surface area contributed by atoms with E-state index in [0.29, 0.717) is 6.04 Å². The summed E-state index contributed by atoms with van der Waals surface area (Å²) in [6.07, 6.45) is 4.59. The molecule has 1 aromatic carbocycles. The first-order chi connectivity index (χ1) is 9.17. The van der Waals surface area contributed by atoms with Gasteiger partial charge in [0.15, 0.2) is 0 Å². The van der Waals surface area contributed by atoms with E-state index in [0.717, 1.165) is 38.2 Å². The van der Waals surface area contributed by atoms with E-state index in [9.17, 15) is 4.39 Å². The zero-order chi connectivity index (χ0) is 13.3. The molecule has 2 fully saturated rings. The van der Waals surface area contributed by atoms with Crippen LogP contribution >= 0.6 is 0 Å². The Hall–Kier alpha value is -0.930. The summed E-state index contributed by atoms with van der Waals surface area (Å²) in [5.41, 5.74) is 2.46. The first-order valence-electron chi connectivity index (χ1n) is 7.23. The Bertz CT molecular complexity index is 450. The number of rotatable bonds is 5. The Morgan fingerprint density at radius 3 is 2.95 bits per heavy atom. The van der Waals surface area contributed by atoms with Gasteiger partial charge in [-0.25, -0.2) is 4.39 Å². The van der Waals surface area contributed by atoms with Crippen LogP contribution in [0, 0.1) is 18.2 Å². The Labute approximate surface area is 114 Å². The average Bonchev–Trinajstić information content (AvgIpc) is 3.12. The van der Waals surface area contributed by atoms with Crippen molar-refractivity contribution in [3.05, 3.63) is 35.1 Å². The van der Waals surface area contributed by atoms with E-state index < -0.39 is 0 Å². The van der Waals surface area contributed by atoms with Crippen molar-refractivity contribution in [3.8, 4) is 0 Å². The maximum atomic E-state index is 13.4. The molecular weight excluding hydrogens is 241 g/mol. The van der Waals surface area contributed by atoms with Crippen LogP contribution in [0.15, 0.2) is 18.2 Å². The van der Waals surface area contributed by atoms with Gasteiger partial charge in [0.1, 0.15) is 5.82 Å². The lowest BCUT2D eigenvalue weighted by molar-refractivity contribution is 0.149. The minimum atomic E-state index is -0.134. The molecule has 3 rings (SSSR count). The summed E-state index contributed by atoms with van der Waals surface area (Å²) in [6.45, 7) is 4.68. The summed E-state index contributed by atoms with van der Waals surface area (Å²) >= 11 is 0. The van der Waals surface area contributed by atoms with Gasteiger partial charge in [0.25, 0.3) is 0 Å². The zero-order valence-corrected chi connectivity index (χ0v) is 11.5. The highest BCUT2D eigenvalue weighted by atomic mass is 19.1. The maximum Gasteiger partial charge on any atom is 0.123 e. The van der Waals surface area contributed by atoms with E-state index in [1.165, 1.54) is 18.4 Å². The lowest BCUT2D eigenvalue weighted by atomic mass is 9.79. The van der Waals surface area contributed by atoms with Crippen molar-refractivity contribution in [2.45, 2.75) is 38.6 Å². The highest BCUT2D eigenvalue weighted by Gasteiger charge is 2.37. The molecule has 1 atom stereocenters. The van der Waals surface area contributed by atoms with Gasteiger partial charge in [-0.05, 0) is 55.9 Å². The number of halogens is 1. The third-order valence-electron chi connectivity index (χ3n) is 4.40. The second-order valence-electron chi connectivity index (χ2n) is 6.21. The predicted molar refractivity (Wildman–Crippen MR) is 73.7 cm³/mol. The van der Waals surface area contributed by atoms with Crippen LogP contribution in [0.4, 0.5) is 4.39 Å². The molecule has 1 heterocycles. The Balaban J connectivity index is 1.74. The molecule has 19 heavy (non-hydrogen) atoms. The quantitative estimate of drug-likeness (QED) is 0.882. The van der Waals surface area contributed by atoms with Crippen molar-refractivity contribution in [2.75, 3.05) is 19.8 Å². The molecule has 1 aliphatic heterocycles. The Kier molecular flexibility index (Phi) is 3.59. The van der Waals surface area contributed by atoms with Gasteiger partial charge in [-0.2, -0.15) is 0 Å². The highest BCUT2D eigenvalue weighted by molar-refractivity contribution is 5.28. The molecule has 0 amide bonds. The molecule has 0 spiro atoms. The van der Waals surface area contributed by atoms with Crippen molar-refractivity contribution in [1.82, 2.24) is 5.32 Å². The smallest absolute Gasteiger partial charge is 0.123 e. The molecule has 1 saturated carbocycles. The number of aryl methyl sites for hydroxylation is 1. The largest absolute Gasteiger partial charge is 0.381 e. The molecule has 2 nitrogen and oxygen atoms in total. The Morgan fingerprint density at radius 1 is 1.42 bits per heavy atom. The second kappa shape index (κ2) is 5.22. The minimum absolute atomic E-state index is 0.134. The number of benzene rings is 1. The summed E-state index contributed by atoms with van der Waals surface area (Å²) in [5.74, 6) is -0.134. The van der Waals surface area contributed by atoms with Gasteiger partial charge in [-0.15, -0.1) is 0 Å². The molecular formula is C16H22FNO. The van der Waals surface area contributed by atoms with Crippen LogP contribution in [0.1, 0.15) is 30.4 Å². The Morgan fingerprint density at radius 2 is 2.26 bits per heavy atom. The summed E-state index contributed by atoms with van der Waals surface area (Å²) in [5, 5.41) is 3.62. The predicted octanol–water partition coefficient (Wildman–Crippen LogP) is 2.84. The summed E-state index contributed by atoms with van der Waals surface area (Å²) in [7, 11) is 0. The summed E-state index contributed by atoms with van der Waals surface area (Å²) < 4.78 is 19.0. The van der Waals surface area contributed by atoms with Gasteiger partial charge in [0.05, 0.1) is 6.61 Å². The number of hydrogen-bond acceptors (Lipinski definition) is 2. The SMILES string of the molecule is Cc1ccc(F)cc1CC1(CNC2CC2)CCOC1. The fourth-order valence-corrected chi connectivity index (χ4v) is 2.87. The molecule has 1 N–H and O–H groups in total. The number of ether oxygens (including phenoxy) is 1. The van der Waals surface area contributed by atoms with Crippen LogP contribution in [0.2, 0.25) is 0 Å². The van der Waals surface area contributed by atoms with E-state index in [2.05, 4.69) is 12.2 Å². The molecule has 1 aliphatic carbocycles. The van der Waals surface area contributed by atoms with Gasteiger partial charge in [0, 0.05) is 24.6 Å². The normalized spacial score (nSPS) is 26.8. The number of nitrogens with one attached hydrogen (secondary N) is 1. The van der Waals surface area contributed by atoms with Crippen molar-refractivity contribution >= 4 is 0 Å². The molecule has 1 saturated heterocycles. The van der Waals surface area contributed by atoms with Crippen LogP contribution in [-0.4, -0.2) is 25.8 Å². The van der Waals surface area contributed by atoms with E-state index in [-0.39, 0.29) is 11.2 Å². The molecule has 1 unspecified atom stereocenters. The van der Waals surface area contributed by atoms with E-state index in [4.69, 9.17) is 4.74 Å². The van der Waals surface area contributed by atoms with Gasteiger partial charge in [0.2, 0.25) is 0 Å². The van der Waals surface area contributed by atoms with Gasteiger partial charge < -0.3 is 10.1 Å². The second-order valence-corrected chi connectivity index (χ2v) is 6.21. The summed E-state index contributed by atoms with van der Waals surface area (Å²) in [6, 6.07) is 5.82. The highest BCUT2D eigenvalue weighted by Crippen LogP contribution is 2.34. The topological polar surface area (TPSA) is 21.3 Å². The third kappa shape index (κ3) is 3.15. The molecule has 1 aromatic rings. The van der Waals surface area contributed by atoms with E-state index >= 15 is 0 Å². The lowest BCUT2D eigenvalue weighted by Crippen LogP contribution is -2.38. The third-order valence-corrected chi connectivity index (χ3v) is 4.40. The van der Waals surface area contributed by atoms with Crippen molar-refractivity contribution in [3.63, 3.8) is 0 Å². The van der Waals surface area contributed by atoms with E-state index in [1.54, 1.807) is 12.1 Å². The maximum absolute atomic E-state index is 13.4. The van der Waals surface area contributed by atoms with Gasteiger partial charge in [-0.3, -0.25) is 0 Å². The fraction of sp³-hybridized carbons (Fsp3) is 0.625. The molecule has 104 valence electrons. The fourth-order valence-electron chi connectivity index (χ4n) is 2.87. The molecule has 3 heteroatoms. The van der Waals surface area contributed by atoms with Crippen LogP contribution in [0.3, 0.4) is 0 Å². The van der Waals surface area contributed by atoms with Crippen LogP contribution in [0.25, 0.3) is 0 Å². The van der Waals surface area contributed by atoms with Gasteiger partial charge in [-0.1, -0.05) is 6.07 Å². The summed E-state index contributed by atoms with van der Waals surface area (Å²) in [4.78, 5) is 0. The van der Waals surface area contributed by atoms with Gasteiger partial charge >= 0.3 is 0 Å². The van der Waals surface area contributed by atoms with Crippen LogP contribution in [-0.2, 0) is 11.2 Å².